The Morgan fingerprint density at radius 3 is 2.67 bits per heavy atom. The lowest BCUT2D eigenvalue weighted by Crippen LogP contribution is -2.19. The Hall–Kier alpha value is -2.80. The molecule has 1 amide bonds. The Labute approximate surface area is 158 Å². The summed E-state index contributed by atoms with van der Waals surface area (Å²) in [6, 6.07) is 16.9. The van der Waals surface area contributed by atoms with E-state index in [1.54, 1.807) is 24.3 Å². The van der Waals surface area contributed by atoms with E-state index in [1.165, 1.54) is 6.26 Å². The van der Waals surface area contributed by atoms with Crippen LogP contribution >= 0.6 is 0 Å². The molecule has 3 rings (SSSR count). The Morgan fingerprint density at radius 2 is 1.89 bits per heavy atom. The first kappa shape index (κ1) is 19.0. The molecular weight excluding hydrogens is 364 g/mol. The van der Waals surface area contributed by atoms with E-state index in [0.29, 0.717) is 11.4 Å². The summed E-state index contributed by atoms with van der Waals surface area (Å²) in [7, 11) is -3.07. The fraction of sp³-hybridized carbons (Fsp3) is 0.250. The molecule has 0 saturated carbocycles. The lowest BCUT2D eigenvalue weighted by Gasteiger charge is -2.11. The number of sulfone groups is 1. The summed E-state index contributed by atoms with van der Waals surface area (Å²) >= 11 is 0. The second kappa shape index (κ2) is 7.84. The van der Waals surface area contributed by atoms with E-state index in [0.717, 1.165) is 16.6 Å². The van der Waals surface area contributed by atoms with Gasteiger partial charge in [-0.3, -0.25) is 4.79 Å². The number of benzene rings is 2. The first-order valence-electron chi connectivity index (χ1n) is 8.57. The van der Waals surface area contributed by atoms with Crippen LogP contribution in [0.25, 0.3) is 10.9 Å². The second-order valence-electron chi connectivity index (χ2n) is 6.49. The number of amides is 1. The molecule has 0 aliphatic carbocycles. The van der Waals surface area contributed by atoms with Crippen LogP contribution in [-0.4, -0.2) is 37.5 Å². The molecule has 1 aromatic heterocycles. The van der Waals surface area contributed by atoms with Crippen molar-refractivity contribution >= 4 is 32.3 Å². The maximum absolute atomic E-state index is 12.5. The van der Waals surface area contributed by atoms with E-state index < -0.39 is 9.84 Å². The van der Waals surface area contributed by atoms with Crippen LogP contribution in [0.5, 0.6) is 5.75 Å². The summed E-state index contributed by atoms with van der Waals surface area (Å²) in [6.45, 7) is 2.26. The third-order valence-electron chi connectivity index (χ3n) is 4.16. The van der Waals surface area contributed by atoms with Crippen LogP contribution in [0.3, 0.4) is 0 Å². The maximum Gasteiger partial charge on any atom is 0.244 e. The van der Waals surface area contributed by atoms with Crippen molar-refractivity contribution < 1.29 is 17.9 Å². The maximum atomic E-state index is 12.5. The zero-order chi connectivity index (χ0) is 19.4. The van der Waals surface area contributed by atoms with Crippen molar-refractivity contribution in [2.45, 2.75) is 13.5 Å². The molecule has 0 bridgehead atoms. The third kappa shape index (κ3) is 5.10. The number of anilines is 1. The third-order valence-corrected chi connectivity index (χ3v) is 5.07. The Bertz CT molecular complexity index is 1070. The first-order chi connectivity index (χ1) is 12.8. The van der Waals surface area contributed by atoms with Gasteiger partial charge in [0.25, 0.3) is 0 Å². The van der Waals surface area contributed by atoms with Gasteiger partial charge in [-0.15, -0.1) is 0 Å². The predicted octanol–water partition coefficient (Wildman–Crippen LogP) is 3.01. The number of carbonyl (C=O) groups is 1. The highest BCUT2D eigenvalue weighted by Crippen LogP contribution is 2.20. The highest BCUT2D eigenvalue weighted by molar-refractivity contribution is 7.90. The number of aryl methyl sites for hydroxylation is 1. The van der Waals surface area contributed by atoms with Gasteiger partial charge in [-0.2, -0.15) is 0 Å². The fourth-order valence-corrected chi connectivity index (χ4v) is 3.26. The Kier molecular flexibility index (Phi) is 5.51. The summed E-state index contributed by atoms with van der Waals surface area (Å²) in [5.74, 6) is 0.315. The molecule has 27 heavy (non-hydrogen) atoms. The number of para-hydroxylation sites is 1. The van der Waals surface area contributed by atoms with Gasteiger partial charge in [-0.25, -0.2) is 8.42 Å². The molecule has 6 nitrogen and oxygen atoms in total. The normalized spacial score (nSPS) is 11.5. The van der Waals surface area contributed by atoms with Crippen LogP contribution < -0.4 is 10.1 Å². The molecule has 142 valence electrons. The standard InChI is InChI=1S/C20H22N2O4S/c1-15-12-16-6-3-4-9-19(16)22(15)14-20(23)21-17-7-5-8-18(13-17)26-10-11-27(2,24)25/h3-9,12-13H,10-11,14H2,1-2H3,(H,21,23). The van der Waals surface area contributed by atoms with E-state index in [-0.39, 0.29) is 24.8 Å². The number of carbonyl (C=O) groups excluding carboxylic acids is 1. The molecule has 3 aromatic rings. The Balaban J connectivity index is 1.65. The number of ether oxygens (including phenoxy) is 1. The van der Waals surface area contributed by atoms with Crippen molar-refractivity contribution in [2.75, 3.05) is 23.9 Å². The molecule has 7 heteroatoms. The van der Waals surface area contributed by atoms with Crippen LogP contribution in [0.2, 0.25) is 0 Å². The number of aromatic nitrogens is 1. The number of nitrogens with zero attached hydrogens (tertiary/aromatic N) is 1. The van der Waals surface area contributed by atoms with Gasteiger partial charge in [0, 0.05) is 29.2 Å². The molecule has 0 aliphatic rings. The van der Waals surface area contributed by atoms with Gasteiger partial charge in [0.1, 0.15) is 18.9 Å². The highest BCUT2D eigenvalue weighted by Gasteiger charge is 2.10. The topological polar surface area (TPSA) is 77.4 Å². The van der Waals surface area contributed by atoms with Crippen LogP contribution in [-0.2, 0) is 21.2 Å². The molecule has 0 aliphatic heterocycles. The molecule has 2 aromatic carbocycles. The van der Waals surface area contributed by atoms with Gasteiger partial charge in [0.2, 0.25) is 5.91 Å². The minimum Gasteiger partial charge on any atom is -0.492 e. The molecule has 1 heterocycles. The predicted molar refractivity (Wildman–Crippen MR) is 107 cm³/mol. The van der Waals surface area contributed by atoms with E-state index in [2.05, 4.69) is 11.4 Å². The van der Waals surface area contributed by atoms with E-state index >= 15 is 0 Å². The van der Waals surface area contributed by atoms with Gasteiger partial charge in [0.05, 0.1) is 5.75 Å². The smallest absolute Gasteiger partial charge is 0.244 e. The van der Waals surface area contributed by atoms with Crippen LogP contribution in [0.15, 0.2) is 54.6 Å². The van der Waals surface area contributed by atoms with Crippen molar-refractivity contribution in [2.24, 2.45) is 0 Å². The van der Waals surface area contributed by atoms with Crippen LogP contribution in [0.1, 0.15) is 5.69 Å². The number of nitrogens with one attached hydrogen (secondary N) is 1. The highest BCUT2D eigenvalue weighted by atomic mass is 32.2. The monoisotopic (exact) mass is 386 g/mol. The minimum atomic E-state index is -3.07. The van der Waals surface area contributed by atoms with Gasteiger partial charge in [0.15, 0.2) is 9.84 Å². The average Bonchev–Trinajstić information content (AvgIpc) is 2.90. The summed E-state index contributed by atoms with van der Waals surface area (Å²) < 4.78 is 29.8. The van der Waals surface area contributed by atoms with Gasteiger partial charge >= 0.3 is 0 Å². The Morgan fingerprint density at radius 1 is 1.11 bits per heavy atom. The fourth-order valence-electron chi connectivity index (χ4n) is 2.88. The molecule has 0 atom stereocenters. The quantitative estimate of drug-likeness (QED) is 0.677. The van der Waals surface area contributed by atoms with Gasteiger partial charge < -0.3 is 14.6 Å². The van der Waals surface area contributed by atoms with Crippen molar-refractivity contribution in [1.29, 1.82) is 0 Å². The van der Waals surface area contributed by atoms with E-state index in [4.69, 9.17) is 4.74 Å². The molecule has 0 spiro atoms. The number of fused-ring (bicyclic) bond motifs is 1. The zero-order valence-corrected chi connectivity index (χ0v) is 16.1. The summed E-state index contributed by atoms with van der Waals surface area (Å²) in [6.07, 6.45) is 1.17. The lowest BCUT2D eigenvalue weighted by atomic mass is 10.2. The first-order valence-corrected chi connectivity index (χ1v) is 10.6. The number of rotatable bonds is 7. The van der Waals surface area contributed by atoms with E-state index in [9.17, 15) is 13.2 Å². The van der Waals surface area contributed by atoms with Crippen LogP contribution in [0, 0.1) is 6.92 Å². The lowest BCUT2D eigenvalue weighted by molar-refractivity contribution is -0.116. The second-order valence-corrected chi connectivity index (χ2v) is 8.74. The van der Waals surface area contributed by atoms with Gasteiger partial charge in [-0.1, -0.05) is 24.3 Å². The van der Waals surface area contributed by atoms with Crippen molar-refractivity contribution in [1.82, 2.24) is 4.57 Å². The van der Waals surface area contributed by atoms with Gasteiger partial charge in [-0.05, 0) is 36.6 Å². The summed E-state index contributed by atoms with van der Waals surface area (Å²) in [5.41, 5.74) is 2.64. The van der Waals surface area contributed by atoms with Crippen molar-refractivity contribution in [3.05, 3.63) is 60.3 Å². The summed E-state index contributed by atoms with van der Waals surface area (Å²) in [4.78, 5) is 12.5. The number of hydrogen-bond donors (Lipinski definition) is 1. The molecule has 0 fully saturated rings. The average molecular weight is 386 g/mol. The SMILES string of the molecule is Cc1cc2ccccc2n1CC(=O)Nc1cccc(OCCS(C)(=O)=O)c1. The zero-order valence-electron chi connectivity index (χ0n) is 15.3. The van der Waals surface area contributed by atoms with Crippen LogP contribution in [0.4, 0.5) is 5.69 Å². The van der Waals surface area contributed by atoms with Crippen molar-refractivity contribution in [3.63, 3.8) is 0 Å². The molecular formula is C20H22N2O4S. The molecule has 0 radical (unpaired) electrons. The summed E-state index contributed by atoms with van der Waals surface area (Å²) in [5, 5.41) is 3.96. The minimum absolute atomic E-state index is 0.0520. The van der Waals surface area contributed by atoms with E-state index in [1.807, 2.05) is 35.8 Å². The molecule has 0 unspecified atom stereocenters. The largest absolute Gasteiger partial charge is 0.492 e. The molecule has 1 N–H and O–H groups in total. The molecule has 0 saturated heterocycles. The number of hydrogen-bond acceptors (Lipinski definition) is 4. The van der Waals surface area contributed by atoms with Crippen molar-refractivity contribution in [3.8, 4) is 5.75 Å².